The van der Waals surface area contributed by atoms with Gasteiger partial charge in [0.15, 0.2) is 0 Å². The Morgan fingerprint density at radius 3 is 1.96 bits per heavy atom. The van der Waals surface area contributed by atoms with E-state index >= 15 is 0 Å². The Hall–Kier alpha value is -1.14. The van der Waals surface area contributed by atoms with E-state index < -0.39 is 11.6 Å². The van der Waals surface area contributed by atoms with Crippen LogP contribution in [0.25, 0.3) is 0 Å². The van der Waals surface area contributed by atoms with Crippen molar-refractivity contribution in [3.63, 3.8) is 0 Å². The van der Waals surface area contributed by atoms with E-state index in [1.165, 1.54) is 69.1 Å². The third kappa shape index (κ3) is 4.39. The number of β-amino-alcohol motifs (C(OH)–C–C–N with tert-alkyl or cyclic N) is 1. The lowest BCUT2D eigenvalue weighted by atomic mass is 9.88. The van der Waals surface area contributed by atoms with E-state index in [0.29, 0.717) is 18.6 Å². The average molecular weight is 366 g/mol. The molecule has 0 radical (unpaired) electrons. The third-order valence-electron chi connectivity index (χ3n) is 6.35. The van der Waals surface area contributed by atoms with Crippen molar-refractivity contribution in [1.29, 1.82) is 0 Å². The van der Waals surface area contributed by atoms with Crippen LogP contribution in [-0.4, -0.2) is 63.7 Å². The van der Waals surface area contributed by atoms with E-state index in [2.05, 4.69) is 10.2 Å². The maximum Gasteiger partial charge on any atom is 0.325 e. The minimum Gasteiger partial charge on any atom is -0.390 e. The summed E-state index contributed by atoms with van der Waals surface area (Å²) >= 11 is 0. The number of rotatable bonds is 6. The lowest BCUT2D eigenvalue weighted by Gasteiger charge is -2.42. The first-order valence-electron chi connectivity index (χ1n) is 10.5. The molecule has 0 unspecified atom stereocenters. The largest absolute Gasteiger partial charge is 0.390 e. The van der Waals surface area contributed by atoms with Gasteiger partial charge in [-0.15, -0.1) is 0 Å². The molecular formula is C20H35N3O3. The molecule has 1 heterocycles. The van der Waals surface area contributed by atoms with Gasteiger partial charge in [0.1, 0.15) is 5.54 Å². The molecule has 6 nitrogen and oxygen atoms in total. The summed E-state index contributed by atoms with van der Waals surface area (Å²) in [7, 11) is 0. The van der Waals surface area contributed by atoms with Crippen molar-refractivity contribution in [2.24, 2.45) is 0 Å². The molecule has 1 saturated heterocycles. The van der Waals surface area contributed by atoms with E-state index in [9.17, 15) is 14.7 Å². The first-order chi connectivity index (χ1) is 12.4. The monoisotopic (exact) mass is 365 g/mol. The van der Waals surface area contributed by atoms with Crippen LogP contribution in [0.1, 0.15) is 78.1 Å². The summed E-state index contributed by atoms with van der Waals surface area (Å²) in [6, 6.07) is 0.697. The molecule has 3 amide bonds. The topological polar surface area (TPSA) is 72.9 Å². The Morgan fingerprint density at radius 1 is 1.04 bits per heavy atom. The summed E-state index contributed by atoms with van der Waals surface area (Å²) in [4.78, 5) is 28.2. The zero-order chi connectivity index (χ0) is 18.7. The number of aliphatic hydroxyl groups excluding tert-OH is 1. The molecule has 148 valence electrons. The fourth-order valence-corrected chi connectivity index (χ4v) is 4.92. The van der Waals surface area contributed by atoms with Crippen LogP contribution in [0, 0.1) is 0 Å². The molecule has 26 heavy (non-hydrogen) atoms. The minimum absolute atomic E-state index is 0.0873. The van der Waals surface area contributed by atoms with Gasteiger partial charge in [-0.3, -0.25) is 14.6 Å². The van der Waals surface area contributed by atoms with Crippen LogP contribution in [-0.2, 0) is 4.79 Å². The van der Waals surface area contributed by atoms with Gasteiger partial charge in [0.2, 0.25) is 0 Å². The number of imide groups is 1. The van der Waals surface area contributed by atoms with Crippen molar-refractivity contribution < 1.29 is 14.7 Å². The number of urea groups is 1. The van der Waals surface area contributed by atoms with Crippen LogP contribution in [0.4, 0.5) is 4.79 Å². The molecule has 0 spiro atoms. The molecule has 2 aliphatic carbocycles. The fraction of sp³-hybridized carbons (Fsp3) is 0.900. The predicted octanol–water partition coefficient (Wildman–Crippen LogP) is 2.65. The van der Waals surface area contributed by atoms with Crippen LogP contribution in [0.15, 0.2) is 0 Å². The van der Waals surface area contributed by atoms with Crippen molar-refractivity contribution in [3.05, 3.63) is 0 Å². The molecule has 6 heteroatoms. The van der Waals surface area contributed by atoms with Gasteiger partial charge in [0, 0.05) is 18.6 Å². The molecule has 0 aromatic rings. The smallest absolute Gasteiger partial charge is 0.325 e. The van der Waals surface area contributed by atoms with Crippen LogP contribution < -0.4 is 5.32 Å². The van der Waals surface area contributed by atoms with Gasteiger partial charge in [0.05, 0.1) is 12.6 Å². The molecular weight excluding hydrogens is 330 g/mol. The van der Waals surface area contributed by atoms with Gasteiger partial charge >= 0.3 is 6.03 Å². The summed E-state index contributed by atoms with van der Waals surface area (Å²) in [5.41, 5.74) is -0.872. The number of amides is 3. The maximum atomic E-state index is 12.4. The first kappa shape index (κ1) is 19.6. The van der Waals surface area contributed by atoms with Crippen LogP contribution in [0.5, 0.6) is 0 Å². The van der Waals surface area contributed by atoms with E-state index in [1.807, 2.05) is 0 Å². The zero-order valence-corrected chi connectivity index (χ0v) is 16.4. The highest BCUT2D eigenvalue weighted by Gasteiger charge is 2.45. The standard InChI is InChI=1S/C20H35N3O3/c1-20(2)18(25)23(19(26)21-20)14-17(24)13-22(15-9-5-3-6-10-15)16-11-7-4-8-12-16/h15-17,24H,3-14H2,1-2H3,(H,21,26)/t17-/m1/s1. The Labute approximate surface area is 157 Å². The zero-order valence-electron chi connectivity index (χ0n) is 16.4. The Bertz CT molecular complexity index is 492. The van der Waals surface area contributed by atoms with Crippen molar-refractivity contribution in [2.45, 2.75) is 102 Å². The molecule has 2 N–H and O–H groups in total. The summed E-state index contributed by atoms with van der Waals surface area (Å²) in [6.07, 6.45) is 11.8. The Balaban J connectivity index is 1.63. The number of carbonyl (C=O) groups excluding carboxylic acids is 2. The number of aliphatic hydroxyl groups is 1. The lowest BCUT2D eigenvalue weighted by Crippen LogP contribution is -2.51. The molecule has 1 aliphatic heterocycles. The van der Waals surface area contributed by atoms with Gasteiger partial charge in [-0.25, -0.2) is 4.79 Å². The molecule has 3 rings (SSSR count). The first-order valence-corrected chi connectivity index (χ1v) is 10.5. The van der Waals surface area contributed by atoms with Gasteiger partial charge in [-0.2, -0.15) is 0 Å². The normalized spacial score (nSPS) is 26.4. The summed E-state index contributed by atoms with van der Waals surface area (Å²) in [5, 5.41) is 13.4. The van der Waals surface area contributed by atoms with Gasteiger partial charge in [-0.05, 0) is 39.5 Å². The van der Waals surface area contributed by atoms with E-state index in [-0.39, 0.29) is 18.5 Å². The van der Waals surface area contributed by atoms with Crippen LogP contribution >= 0.6 is 0 Å². The molecule has 3 aliphatic rings. The van der Waals surface area contributed by atoms with Crippen molar-refractivity contribution in [3.8, 4) is 0 Å². The summed E-state index contributed by atoms with van der Waals surface area (Å²) < 4.78 is 0. The van der Waals surface area contributed by atoms with Crippen molar-refractivity contribution in [2.75, 3.05) is 13.1 Å². The highest BCUT2D eigenvalue weighted by Crippen LogP contribution is 2.30. The molecule has 0 aromatic heterocycles. The second kappa shape index (κ2) is 8.26. The van der Waals surface area contributed by atoms with E-state index in [0.717, 1.165) is 0 Å². The Kier molecular flexibility index (Phi) is 6.23. The minimum atomic E-state index is -0.872. The van der Waals surface area contributed by atoms with Crippen molar-refractivity contribution in [1.82, 2.24) is 15.1 Å². The third-order valence-corrected chi connectivity index (χ3v) is 6.35. The van der Waals surface area contributed by atoms with Crippen molar-refractivity contribution >= 4 is 11.9 Å². The quantitative estimate of drug-likeness (QED) is 0.710. The number of carbonyl (C=O) groups is 2. The van der Waals surface area contributed by atoms with E-state index in [1.54, 1.807) is 13.8 Å². The summed E-state index contributed by atoms with van der Waals surface area (Å²) in [5.74, 6) is -0.247. The van der Waals surface area contributed by atoms with Crippen LogP contribution in [0.2, 0.25) is 0 Å². The number of hydrogen-bond donors (Lipinski definition) is 2. The number of nitrogens with zero attached hydrogens (tertiary/aromatic N) is 2. The lowest BCUT2D eigenvalue weighted by molar-refractivity contribution is -0.131. The van der Waals surface area contributed by atoms with Gasteiger partial charge in [0.25, 0.3) is 5.91 Å². The van der Waals surface area contributed by atoms with E-state index in [4.69, 9.17) is 0 Å². The highest BCUT2D eigenvalue weighted by molar-refractivity contribution is 6.06. The fourth-order valence-electron chi connectivity index (χ4n) is 4.92. The number of nitrogens with one attached hydrogen (secondary N) is 1. The maximum absolute atomic E-state index is 12.4. The highest BCUT2D eigenvalue weighted by atomic mass is 16.3. The molecule has 0 aromatic carbocycles. The molecule has 1 atom stereocenters. The van der Waals surface area contributed by atoms with Crippen LogP contribution in [0.3, 0.4) is 0 Å². The molecule has 2 saturated carbocycles. The predicted molar refractivity (Wildman–Crippen MR) is 101 cm³/mol. The SMILES string of the molecule is CC1(C)NC(=O)N(C[C@H](O)CN(C2CCCCC2)C2CCCCC2)C1=O. The summed E-state index contributed by atoms with van der Waals surface area (Å²) in [6.45, 7) is 4.06. The second-order valence-corrected chi connectivity index (χ2v) is 8.91. The second-order valence-electron chi connectivity index (χ2n) is 8.91. The van der Waals surface area contributed by atoms with Gasteiger partial charge < -0.3 is 10.4 Å². The molecule has 0 bridgehead atoms. The van der Waals surface area contributed by atoms with Gasteiger partial charge in [-0.1, -0.05) is 38.5 Å². The average Bonchev–Trinajstić information content (AvgIpc) is 2.83. The molecule has 3 fully saturated rings. The Morgan fingerprint density at radius 2 is 1.54 bits per heavy atom. The number of hydrogen-bond acceptors (Lipinski definition) is 4.